The molecule has 2 aromatic carbocycles. The molecule has 0 fully saturated rings. The zero-order chi connectivity index (χ0) is 17.6. The van der Waals surface area contributed by atoms with Gasteiger partial charge >= 0.3 is 0 Å². The second-order valence-corrected chi connectivity index (χ2v) is 7.71. The van der Waals surface area contributed by atoms with Gasteiger partial charge in [-0.2, -0.15) is 0 Å². The first-order valence-corrected chi connectivity index (χ1v) is 9.64. The molecule has 0 amide bonds. The number of halogens is 1. The predicted molar refractivity (Wildman–Crippen MR) is 98.0 cm³/mol. The number of nitrogens with zero attached hydrogens (tertiary/aromatic N) is 1. The fourth-order valence-corrected chi connectivity index (χ4v) is 2.91. The maximum Gasteiger partial charge on any atom is 0.191 e. The van der Waals surface area contributed by atoms with Gasteiger partial charge in [0, 0.05) is 31.4 Å². The summed E-state index contributed by atoms with van der Waals surface area (Å²) in [5.41, 5.74) is 1.95. The molecule has 0 atom stereocenters. The minimum absolute atomic E-state index is 0.312. The molecule has 2 rings (SSSR count). The third kappa shape index (κ3) is 5.25. The van der Waals surface area contributed by atoms with E-state index in [0.29, 0.717) is 29.0 Å². The Bertz CT molecular complexity index is 818. The molecule has 24 heavy (non-hydrogen) atoms. The average Bonchev–Trinajstić information content (AvgIpc) is 2.56. The number of aliphatic imine (C=N–C) groups is 1. The van der Waals surface area contributed by atoms with Crippen LogP contribution in [-0.2, 0) is 22.9 Å². The molecule has 0 aliphatic carbocycles. The second-order valence-electron chi connectivity index (χ2n) is 5.29. The van der Waals surface area contributed by atoms with Gasteiger partial charge in [-0.3, -0.25) is 4.99 Å². The Labute approximate surface area is 147 Å². The van der Waals surface area contributed by atoms with E-state index in [1.165, 1.54) is 6.26 Å². The van der Waals surface area contributed by atoms with Crippen LogP contribution in [0.5, 0.6) is 0 Å². The molecule has 0 aromatic heterocycles. The van der Waals surface area contributed by atoms with Gasteiger partial charge in [-0.15, -0.1) is 0 Å². The van der Waals surface area contributed by atoms with E-state index in [9.17, 15) is 8.42 Å². The van der Waals surface area contributed by atoms with Crippen LogP contribution in [0.2, 0.25) is 5.02 Å². The third-order valence-electron chi connectivity index (χ3n) is 3.44. The maximum absolute atomic E-state index is 11.4. The average molecular weight is 366 g/mol. The van der Waals surface area contributed by atoms with Crippen LogP contribution in [-0.4, -0.2) is 27.7 Å². The lowest BCUT2D eigenvalue weighted by Crippen LogP contribution is -2.36. The van der Waals surface area contributed by atoms with E-state index in [2.05, 4.69) is 15.6 Å². The van der Waals surface area contributed by atoms with E-state index in [0.717, 1.165) is 11.1 Å². The van der Waals surface area contributed by atoms with Gasteiger partial charge < -0.3 is 10.6 Å². The van der Waals surface area contributed by atoms with Crippen LogP contribution in [0.1, 0.15) is 11.1 Å². The zero-order valence-electron chi connectivity index (χ0n) is 13.6. The van der Waals surface area contributed by atoms with Crippen molar-refractivity contribution in [2.24, 2.45) is 4.99 Å². The van der Waals surface area contributed by atoms with Crippen LogP contribution >= 0.6 is 11.6 Å². The molecule has 0 unspecified atom stereocenters. The van der Waals surface area contributed by atoms with Crippen LogP contribution in [0.25, 0.3) is 0 Å². The van der Waals surface area contributed by atoms with Crippen molar-refractivity contribution < 1.29 is 8.42 Å². The highest BCUT2D eigenvalue weighted by Gasteiger charge is 2.06. The van der Waals surface area contributed by atoms with Gasteiger partial charge in [0.25, 0.3) is 0 Å². The predicted octanol–water partition coefficient (Wildman–Crippen LogP) is 2.61. The van der Waals surface area contributed by atoms with Gasteiger partial charge in [0.2, 0.25) is 0 Å². The number of rotatable bonds is 5. The topological polar surface area (TPSA) is 70.6 Å². The minimum atomic E-state index is -3.17. The Morgan fingerprint density at radius 1 is 1.04 bits per heavy atom. The molecular weight excluding hydrogens is 346 g/mol. The molecule has 0 aliphatic rings. The lowest BCUT2D eigenvalue weighted by molar-refractivity contribution is 0.602. The van der Waals surface area contributed by atoms with Crippen molar-refractivity contribution in [3.63, 3.8) is 0 Å². The van der Waals surface area contributed by atoms with Crippen LogP contribution in [0.3, 0.4) is 0 Å². The summed E-state index contributed by atoms with van der Waals surface area (Å²) in [4.78, 5) is 4.47. The summed E-state index contributed by atoms with van der Waals surface area (Å²) >= 11 is 6.13. The van der Waals surface area contributed by atoms with Crippen LogP contribution < -0.4 is 10.6 Å². The van der Waals surface area contributed by atoms with E-state index in [-0.39, 0.29) is 0 Å². The SMILES string of the molecule is CN=C(NCc1ccc(S(C)(=O)=O)cc1)NCc1ccccc1Cl. The van der Waals surface area contributed by atoms with Gasteiger partial charge in [0.05, 0.1) is 4.90 Å². The first-order chi connectivity index (χ1) is 11.4. The Morgan fingerprint density at radius 3 is 2.25 bits per heavy atom. The highest BCUT2D eigenvalue weighted by molar-refractivity contribution is 7.90. The molecule has 0 radical (unpaired) electrons. The largest absolute Gasteiger partial charge is 0.352 e. The Balaban J connectivity index is 1.91. The van der Waals surface area contributed by atoms with Crippen molar-refractivity contribution in [2.45, 2.75) is 18.0 Å². The van der Waals surface area contributed by atoms with Crippen molar-refractivity contribution in [1.29, 1.82) is 0 Å². The Morgan fingerprint density at radius 2 is 1.67 bits per heavy atom. The smallest absolute Gasteiger partial charge is 0.191 e. The summed E-state index contributed by atoms with van der Waals surface area (Å²) in [6.45, 7) is 1.10. The van der Waals surface area contributed by atoms with Crippen molar-refractivity contribution >= 4 is 27.4 Å². The molecule has 128 valence electrons. The summed E-state index contributed by atoms with van der Waals surface area (Å²) in [5, 5.41) is 7.08. The fraction of sp³-hybridized carbons (Fsp3) is 0.235. The molecule has 2 N–H and O–H groups in total. The number of hydrogen-bond donors (Lipinski definition) is 2. The molecule has 0 aliphatic heterocycles. The first-order valence-electron chi connectivity index (χ1n) is 7.37. The highest BCUT2D eigenvalue weighted by Crippen LogP contribution is 2.14. The van der Waals surface area contributed by atoms with Gasteiger partial charge in [-0.05, 0) is 29.3 Å². The van der Waals surface area contributed by atoms with Gasteiger partial charge in [0.1, 0.15) is 0 Å². The molecule has 7 heteroatoms. The van der Waals surface area contributed by atoms with E-state index in [1.54, 1.807) is 31.3 Å². The molecule has 0 heterocycles. The molecule has 2 aromatic rings. The van der Waals surface area contributed by atoms with Crippen molar-refractivity contribution in [2.75, 3.05) is 13.3 Å². The second kappa shape index (κ2) is 8.17. The fourth-order valence-electron chi connectivity index (χ4n) is 2.08. The van der Waals surface area contributed by atoms with Crippen LogP contribution in [0.4, 0.5) is 0 Å². The molecule has 0 bridgehead atoms. The lowest BCUT2D eigenvalue weighted by Gasteiger charge is -2.13. The number of nitrogens with one attached hydrogen (secondary N) is 2. The quantitative estimate of drug-likeness (QED) is 0.631. The molecule has 0 saturated carbocycles. The van der Waals surface area contributed by atoms with E-state index >= 15 is 0 Å². The molecular formula is C17H20ClN3O2S. The Kier molecular flexibility index (Phi) is 6.23. The van der Waals surface area contributed by atoms with Crippen molar-refractivity contribution in [1.82, 2.24) is 10.6 Å². The molecule has 0 spiro atoms. The van der Waals surface area contributed by atoms with Gasteiger partial charge in [0.15, 0.2) is 15.8 Å². The zero-order valence-corrected chi connectivity index (χ0v) is 15.2. The highest BCUT2D eigenvalue weighted by atomic mass is 35.5. The molecule has 0 saturated heterocycles. The maximum atomic E-state index is 11.4. The van der Waals surface area contributed by atoms with Crippen molar-refractivity contribution in [3.05, 3.63) is 64.7 Å². The number of hydrogen-bond acceptors (Lipinski definition) is 3. The monoisotopic (exact) mass is 365 g/mol. The van der Waals surface area contributed by atoms with Gasteiger partial charge in [-0.1, -0.05) is 41.9 Å². The van der Waals surface area contributed by atoms with Crippen molar-refractivity contribution in [3.8, 4) is 0 Å². The van der Waals surface area contributed by atoms with Crippen LogP contribution in [0.15, 0.2) is 58.4 Å². The standard InChI is InChI=1S/C17H20ClN3O2S/c1-19-17(21-12-14-5-3-4-6-16(14)18)20-11-13-7-9-15(10-8-13)24(2,22)23/h3-10H,11-12H2,1-2H3,(H2,19,20,21). The summed E-state index contributed by atoms with van der Waals surface area (Å²) in [6, 6.07) is 14.4. The van der Waals surface area contributed by atoms with Gasteiger partial charge in [-0.25, -0.2) is 8.42 Å². The third-order valence-corrected chi connectivity index (χ3v) is 4.94. The summed E-state index contributed by atoms with van der Waals surface area (Å²) in [5.74, 6) is 0.641. The summed E-state index contributed by atoms with van der Waals surface area (Å²) in [6.07, 6.45) is 1.20. The number of sulfone groups is 1. The Hall–Kier alpha value is -2.05. The molecule has 5 nitrogen and oxygen atoms in total. The minimum Gasteiger partial charge on any atom is -0.352 e. The van der Waals surface area contributed by atoms with E-state index in [1.807, 2.05) is 24.3 Å². The van der Waals surface area contributed by atoms with E-state index < -0.39 is 9.84 Å². The summed E-state index contributed by atoms with van der Waals surface area (Å²) in [7, 11) is -1.48. The number of guanidine groups is 1. The van der Waals surface area contributed by atoms with E-state index in [4.69, 9.17) is 11.6 Å². The normalized spacial score (nSPS) is 12.0. The first kappa shape index (κ1) is 18.3. The number of benzene rings is 2. The summed E-state index contributed by atoms with van der Waals surface area (Å²) < 4.78 is 22.9. The van der Waals surface area contributed by atoms with Crippen LogP contribution in [0, 0.1) is 0 Å². The lowest BCUT2D eigenvalue weighted by atomic mass is 10.2.